The number of aryl methyl sites for hydroxylation is 1. The van der Waals surface area contributed by atoms with Crippen molar-refractivity contribution in [2.24, 2.45) is 0 Å². The maximum Gasteiger partial charge on any atom is 0.407 e. The molecule has 0 aliphatic heterocycles. The summed E-state index contributed by atoms with van der Waals surface area (Å²) in [5.41, 5.74) is 1.44. The van der Waals surface area contributed by atoms with Crippen molar-refractivity contribution in [2.45, 2.75) is 25.7 Å². The molecule has 8 heteroatoms. The highest BCUT2D eigenvalue weighted by atomic mass is 16.6. The molecule has 0 aromatic heterocycles. The minimum atomic E-state index is -1.30. The zero-order chi connectivity index (χ0) is 19.1. The fourth-order valence-corrected chi connectivity index (χ4v) is 2.36. The van der Waals surface area contributed by atoms with Crippen LogP contribution in [0.2, 0.25) is 0 Å². The van der Waals surface area contributed by atoms with Gasteiger partial charge in [-0.05, 0) is 30.2 Å². The van der Waals surface area contributed by atoms with Crippen LogP contribution in [0.15, 0.2) is 48.5 Å². The van der Waals surface area contributed by atoms with Gasteiger partial charge in [0.2, 0.25) is 0 Å². The summed E-state index contributed by atoms with van der Waals surface area (Å²) in [6.07, 6.45) is -3.32. The molecule has 0 radical (unpaired) electrons. The quantitative estimate of drug-likeness (QED) is 0.514. The molecule has 0 heterocycles. The van der Waals surface area contributed by atoms with E-state index in [2.05, 4.69) is 5.32 Å². The first-order valence-corrected chi connectivity index (χ1v) is 7.94. The van der Waals surface area contributed by atoms with Gasteiger partial charge in [-0.25, -0.2) is 4.79 Å². The Kier molecular flexibility index (Phi) is 6.65. The van der Waals surface area contributed by atoms with Crippen molar-refractivity contribution in [3.8, 4) is 0 Å². The number of amides is 1. The van der Waals surface area contributed by atoms with Gasteiger partial charge < -0.3 is 20.3 Å². The second-order valence-electron chi connectivity index (χ2n) is 5.76. The topological polar surface area (TPSA) is 122 Å². The number of nitro groups is 1. The first kappa shape index (κ1) is 19.4. The number of nitro benzene ring substituents is 1. The third kappa shape index (κ3) is 5.27. The number of aliphatic hydroxyl groups excluding tert-OH is 2. The van der Waals surface area contributed by atoms with E-state index in [1.165, 1.54) is 18.2 Å². The molecule has 0 saturated carbocycles. The number of carbonyl (C=O) groups is 1. The van der Waals surface area contributed by atoms with Gasteiger partial charge in [0.1, 0.15) is 18.8 Å². The van der Waals surface area contributed by atoms with Gasteiger partial charge in [0.25, 0.3) is 5.69 Å². The number of hydrogen-bond acceptors (Lipinski definition) is 6. The lowest BCUT2D eigenvalue weighted by Crippen LogP contribution is -2.35. The summed E-state index contributed by atoms with van der Waals surface area (Å²) in [4.78, 5) is 21.9. The number of nitrogens with zero attached hydrogens (tertiary/aromatic N) is 1. The number of aliphatic hydroxyl groups is 2. The molecule has 138 valence electrons. The zero-order valence-corrected chi connectivity index (χ0v) is 14.2. The summed E-state index contributed by atoms with van der Waals surface area (Å²) in [6.45, 7) is 1.40. The van der Waals surface area contributed by atoms with Crippen LogP contribution in [0.5, 0.6) is 0 Å². The number of benzene rings is 2. The molecule has 2 unspecified atom stereocenters. The van der Waals surface area contributed by atoms with Crippen LogP contribution in [0.3, 0.4) is 0 Å². The smallest absolute Gasteiger partial charge is 0.407 e. The SMILES string of the molecule is Cc1cc(C(O)C(O)CNC(=O)OCc2ccccc2)ccc1[N+](=O)[O-]. The third-order valence-electron chi connectivity index (χ3n) is 3.79. The van der Waals surface area contributed by atoms with E-state index in [1.54, 1.807) is 6.92 Å². The molecule has 2 aromatic carbocycles. The number of rotatable bonds is 7. The molecule has 2 rings (SSSR count). The second kappa shape index (κ2) is 8.93. The average Bonchev–Trinajstić information content (AvgIpc) is 2.64. The summed E-state index contributed by atoms with van der Waals surface area (Å²) in [5.74, 6) is 0. The van der Waals surface area contributed by atoms with Crippen LogP contribution in [-0.2, 0) is 11.3 Å². The molecule has 0 fully saturated rings. The van der Waals surface area contributed by atoms with E-state index in [1.807, 2.05) is 30.3 Å². The lowest BCUT2D eigenvalue weighted by Gasteiger charge is -2.19. The van der Waals surface area contributed by atoms with Gasteiger partial charge in [0, 0.05) is 18.2 Å². The molecule has 2 atom stereocenters. The van der Waals surface area contributed by atoms with Crippen LogP contribution < -0.4 is 5.32 Å². The monoisotopic (exact) mass is 360 g/mol. The van der Waals surface area contributed by atoms with Crippen LogP contribution in [-0.4, -0.2) is 33.9 Å². The fraction of sp³-hybridized carbons (Fsp3) is 0.278. The Labute approximate surface area is 150 Å². The van der Waals surface area contributed by atoms with Crippen molar-refractivity contribution in [2.75, 3.05) is 6.54 Å². The van der Waals surface area contributed by atoms with E-state index >= 15 is 0 Å². The predicted octanol–water partition coefficient (Wildman–Crippen LogP) is 2.22. The molecule has 26 heavy (non-hydrogen) atoms. The molecule has 0 saturated heterocycles. The highest BCUT2D eigenvalue weighted by Crippen LogP contribution is 2.24. The molecule has 0 spiro atoms. The van der Waals surface area contributed by atoms with E-state index in [4.69, 9.17) is 4.74 Å². The normalized spacial score (nSPS) is 12.9. The Hall–Kier alpha value is -2.97. The van der Waals surface area contributed by atoms with Crippen LogP contribution in [0.4, 0.5) is 10.5 Å². The largest absolute Gasteiger partial charge is 0.445 e. The van der Waals surface area contributed by atoms with E-state index in [-0.39, 0.29) is 18.8 Å². The molecule has 3 N–H and O–H groups in total. The van der Waals surface area contributed by atoms with Gasteiger partial charge in [-0.2, -0.15) is 0 Å². The van der Waals surface area contributed by atoms with Crippen molar-refractivity contribution in [1.82, 2.24) is 5.32 Å². The third-order valence-corrected chi connectivity index (χ3v) is 3.79. The predicted molar refractivity (Wildman–Crippen MR) is 93.4 cm³/mol. The summed E-state index contributed by atoms with van der Waals surface area (Å²) < 4.78 is 5.01. The minimum absolute atomic E-state index is 0.0712. The molecule has 0 bridgehead atoms. The van der Waals surface area contributed by atoms with Gasteiger partial charge in [-0.3, -0.25) is 10.1 Å². The van der Waals surface area contributed by atoms with E-state index in [0.717, 1.165) is 5.56 Å². The standard InChI is InChI=1S/C18H20N2O6/c1-12-9-14(7-8-15(12)20(24)25)17(22)16(21)10-19-18(23)26-11-13-5-3-2-4-6-13/h2-9,16-17,21-22H,10-11H2,1H3,(H,19,23). The summed E-state index contributed by atoms with van der Waals surface area (Å²) in [6, 6.07) is 13.2. The van der Waals surface area contributed by atoms with E-state index in [9.17, 15) is 25.1 Å². The summed E-state index contributed by atoms with van der Waals surface area (Å²) >= 11 is 0. The molecule has 0 aliphatic rings. The van der Waals surface area contributed by atoms with Crippen molar-refractivity contribution in [3.05, 3.63) is 75.3 Å². The molecule has 0 aliphatic carbocycles. The number of nitrogens with one attached hydrogen (secondary N) is 1. The number of ether oxygens (including phenoxy) is 1. The average molecular weight is 360 g/mol. The van der Waals surface area contributed by atoms with Gasteiger partial charge >= 0.3 is 6.09 Å². The van der Waals surface area contributed by atoms with Gasteiger partial charge in [0.05, 0.1) is 4.92 Å². The van der Waals surface area contributed by atoms with Crippen LogP contribution in [0, 0.1) is 17.0 Å². The first-order chi connectivity index (χ1) is 12.4. The van der Waals surface area contributed by atoms with Crippen LogP contribution in [0.25, 0.3) is 0 Å². The Bertz CT molecular complexity index is 766. The molecular formula is C18H20N2O6. The van der Waals surface area contributed by atoms with E-state index < -0.39 is 23.2 Å². The first-order valence-electron chi connectivity index (χ1n) is 7.94. The fourth-order valence-electron chi connectivity index (χ4n) is 2.36. The lowest BCUT2D eigenvalue weighted by atomic mass is 10.0. The Balaban J connectivity index is 1.84. The summed E-state index contributed by atoms with van der Waals surface area (Å²) in [5, 5.41) is 33.4. The highest BCUT2D eigenvalue weighted by Gasteiger charge is 2.21. The molecule has 8 nitrogen and oxygen atoms in total. The van der Waals surface area contributed by atoms with Gasteiger partial charge in [0.15, 0.2) is 0 Å². The summed E-state index contributed by atoms with van der Waals surface area (Å²) in [7, 11) is 0. The number of hydrogen-bond donors (Lipinski definition) is 3. The lowest BCUT2D eigenvalue weighted by molar-refractivity contribution is -0.385. The minimum Gasteiger partial charge on any atom is -0.445 e. The second-order valence-corrected chi connectivity index (χ2v) is 5.76. The van der Waals surface area contributed by atoms with Crippen LogP contribution >= 0.6 is 0 Å². The maximum atomic E-state index is 11.7. The van der Waals surface area contributed by atoms with E-state index in [0.29, 0.717) is 11.1 Å². The van der Waals surface area contributed by atoms with Crippen molar-refractivity contribution >= 4 is 11.8 Å². The maximum absolute atomic E-state index is 11.7. The zero-order valence-electron chi connectivity index (χ0n) is 14.2. The molecule has 1 amide bonds. The van der Waals surface area contributed by atoms with Crippen LogP contribution in [0.1, 0.15) is 22.8 Å². The Morgan fingerprint density at radius 2 is 1.92 bits per heavy atom. The van der Waals surface area contributed by atoms with Gasteiger partial charge in [-0.15, -0.1) is 0 Å². The number of alkyl carbamates (subject to hydrolysis) is 1. The number of carbonyl (C=O) groups excluding carboxylic acids is 1. The Morgan fingerprint density at radius 1 is 1.23 bits per heavy atom. The Morgan fingerprint density at radius 3 is 2.54 bits per heavy atom. The highest BCUT2D eigenvalue weighted by molar-refractivity contribution is 5.67. The molecular weight excluding hydrogens is 340 g/mol. The van der Waals surface area contributed by atoms with Crippen molar-refractivity contribution in [3.63, 3.8) is 0 Å². The van der Waals surface area contributed by atoms with Crippen molar-refractivity contribution < 1.29 is 24.7 Å². The van der Waals surface area contributed by atoms with Crippen molar-refractivity contribution in [1.29, 1.82) is 0 Å². The molecule has 2 aromatic rings. The van der Waals surface area contributed by atoms with Gasteiger partial charge in [-0.1, -0.05) is 30.3 Å².